The van der Waals surface area contributed by atoms with Gasteiger partial charge in [-0.15, -0.1) is 11.6 Å². The first-order chi connectivity index (χ1) is 8.56. The van der Waals surface area contributed by atoms with E-state index in [9.17, 15) is 9.18 Å². The summed E-state index contributed by atoms with van der Waals surface area (Å²) >= 11 is 11.8. The van der Waals surface area contributed by atoms with E-state index in [1.165, 1.54) is 18.2 Å². The lowest BCUT2D eigenvalue weighted by molar-refractivity contribution is 0.0732. The van der Waals surface area contributed by atoms with Gasteiger partial charge in [0.05, 0.1) is 10.6 Å². The summed E-state index contributed by atoms with van der Waals surface area (Å²) in [5, 5.41) is 0.146. The zero-order valence-corrected chi connectivity index (χ0v) is 11.5. The molecule has 2 atom stereocenters. The molecular weight excluding hydrogens is 276 g/mol. The minimum Gasteiger partial charge on any atom is -0.334 e. The number of hydrogen-bond donors (Lipinski definition) is 0. The molecule has 1 fully saturated rings. The number of alkyl halides is 1. The first-order valence-electron chi connectivity index (χ1n) is 5.87. The predicted molar refractivity (Wildman–Crippen MR) is 70.7 cm³/mol. The average molecular weight is 290 g/mol. The Kier molecular flexibility index (Phi) is 4.13. The lowest BCUT2D eigenvalue weighted by atomic mass is 10.0. The molecule has 0 aromatic heterocycles. The second-order valence-electron chi connectivity index (χ2n) is 4.58. The van der Waals surface area contributed by atoms with Crippen LogP contribution in [0.2, 0.25) is 5.02 Å². The lowest BCUT2D eigenvalue weighted by Gasteiger charge is -2.25. The molecule has 2 unspecified atom stereocenters. The molecule has 0 N–H and O–H groups in total. The van der Waals surface area contributed by atoms with Crippen molar-refractivity contribution in [2.75, 3.05) is 12.4 Å². The Hall–Kier alpha value is -0.800. The predicted octanol–water partition coefficient (Wildman–Crippen LogP) is 3.57. The smallest absolute Gasteiger partial charge is 0.258 e. The van der Waals surface area contributed by atoms with E-state index in [2.05, 4.69) is 0 Å². The van der Waals surface area contributed by atoms with Crippen LogP contribution in [0.3, 0.4) is 0 Å². The summed E-state index contributed by atoms with van der Waals surface area (Å²) in [6.45, 7) is 2.64. The maximum atomic E-state index is 13.7. The van der Waals surface area contributed by atoms with Crippen LogP contribution in [0.4, 0.5) is 4.39 Å². The van der Waals surface area contributed by atoms with Crippen molar-refractivity contribution in [2.45, 2.75) is 19.4 Å². The molecule has 1 amide bonds. The first-order valence-corrected chi connectivity index (χ1v) is 6.78. The molecule has 0 saturated carbocycles. The van der Waals surface area contributed by atoms with Crippen molar-refractivity contribution in [1.29, 1.82) is 0 Å². The largest absolute Gasteiger partial charge is 0.334 e. The van der Waals surface area contributed by atoms with Crippen LogP contribution in [0.1, 0.15) is 23.7 Å². The number of halogens is 3. The SMILES string of the molecule is CC1CCN(C(=O)c2c(F)cccc2Cl)C1CCl. The Balaban J connectivity index is 2.32. The molecule has 1 saturated heterocycles. The number of amides is 1. The number of benzene rings is 1. The topological polar surface area (TPSA) is 20.3 Å². The lowest BCUT2D eigenvalue weighted by Crippen LogP contribution is -2.39. The van der Waals surface area contributed by atoms with E-state index < -0.39 is 5.82 Å². The fourth-order valence-electron chi connectivity index (χ4n) is 2.34. The Morgan fingerprint density at radius 1 is 1.56 bits per heavy atom. The van der Waals surface area contributed by atoms with E-state index in [0.29, 0.717) is 18.3 Å². The maximum Gasteiger partial charge on any atom is 0.258 e. The summed E-state index contributed by atoms with van der Waals surface area (Å²) in [4.78, 5) is 14.0. The van der Waals surface area contributed by atoms with Crippen LogP contribution in [-0.2, 0) is 0 Å². The number of carbonyl (C=O) groups is 1. The number of carbonyl (C=O) groups excluding carboxylic acids is 1. The molecule has 1 aliphatic heterocycles. The number of hydrogen-bond acceptors (Lipinski definition) is 1. The van der Waals surface area contributed by atoms with E-state index in [1.54, 1.807) is 4.90 Å². The van der Waals surface area contributed by atoms with Gasteiger partial charge in [-0.3, -0.25) is 4.79 Å². The third-order valence-corrected chi connectivity index (χ3v) is 4.11. The Labute approximate surface area is 116 Å². The highest BCUT2D eigenvalue weighted by Crippen LogP contribution is 2.29. The maximum absolute atomic E-state index is 13.7. The summed E-state index contributed by atoms with van der Waals surface area (Å²) in [5.74, 6) is -0.260. The molecular formula is C13H14Cl2FNO. The Bertz CT molecular complexity index is 446. The molecule has 2 nitrogen and oxygen atoms in total. The first kappa shape index (κ1) is 13.6. The molecule has 1 aliphatic rings. The van der Waals surface area contributed by atoms with Crippen LogP contribution < -0.4 is 0 Å². The van der Waals surface area contributed by atoms with Crippen LogP contribution in [0.15, 0.2) is 18.2 Å². The van der Waals surface area contributed by atoms with E-state index in [1.807, 2.05) is 6.92 Å². The summed E-state index contributed by atoms with van der Waals surface area (Å²) in [6, 6.07) is 4.21. The zero-order valence-electron chi connectivity index (χ0n) is 10.00. The number of rotatable bonds is 2. The van der Waals surface area contributed by atoms with Gasteiger partial charge in [-0.05, 0) is 24.5 Å². The fourth-order valence-corrected chi connectivity index (χ4v) is 3.06. The van der Waals surface area contributed by atoms with E-state index in [-0.39, 0.29) is 22.5 Å². The standard InChI is InChI=1S/C13H14Cl2FNO/c1-8-5-6-17(11(8)7-14)13(18)12-9(15)3-2-4-10(12)16/h2-4,8,11H,5-7H2,1H3. The van der Waals surface area contributed by atoms with Crippen molar-refractivity contribution in [3.05, 3.63) is 34.6 Å². The summed E-state index contributed by atoms with van der Waals surface area (Å²) < 4.78 is 13.7. The molecule has 1 heterocycles. The monoisotopic (exact) mass is 289 g/mol. The third-order valence-electron chi connectivity index (χ3n) is 3.48. The molecule has 0 bridgehead atoms. The highest BCUT2D eigenvalue weighted by atomic mass is 35.5. The van der Waals surface area contributed by atoms with Gasteiger partial charge in [0, 0.05) is 18.5 Å². The van der Waals surface area contributed by atoms with Crippen LogP contribution in [-0.4, -0.2) is 29.3 Å². The second-order valence-corrected chi connectivity index (χ2v) is 5.30. The minimum atomic E-state index is -0.583. The summed E-state index contributed by atoms with van der Waals surface area (Å²) in [7, 11) is 0. The highest BCUT2D eigenvalue weighted by molar-refractivity contribution is 6.33. The van der Waals surface area contributed by atoms with Crippen molar-refractivity contribution < 1.29 is 9.18 Å². The van der Waals surface area contributed by atoms with Gasteiger partial charge in [0.2, 0.25) is 0 Å². The normalized spacial score (nSPS) is 23.4. The van der Waals surface area contributed by atoms with Gasteiger partial charge >= 0.3 is 0 Å². The van der Waals surface area contributed by atoms with Gasteiger partial charge in [-0.2, -0.15) is 0 Å². The van der Waals surface area contributed by atoms with Gasteiger partial charge < -0.3 is 4.90 Å². The van der Waals surface area contributed by atoms with Crippen molar-refractivity contribution in [3.63, 3.8) is 0 Å². The van der Waals surface area contributed by atoms with Gasteiger partial charge in [-0.25, -0.2) is 4.39 Å². The Morgan fingerprint density at radius 2 is 2.28 bits per heavy atom. The van der Waals surface area contributed by atoms with Crippen LogP contribution in [0.25, 0.3) is 0 Å². The molecule has 0 aliphatic carbocycles. The number of likely N-dealkylation sites (tertiary alicyclic amines) is 1. The molecule has 2 rings (SSSR count). The van der Waals surface area contributed by atoms with Crippen LogP contribution >= 0.6 is 23.2 Å². The summed E-state index contributed by atoms with van der Waals surface area (Å²) in [5.41, 5.74) is -0.0524. The quantitative estimate of drug-likeness (QED) is 0.762. The highest BCUT2D eigenvalue weighted by Gasteiger charge is 2.35. The fraction of sp³-hybridized carbons (Fsp3) is 0.462. The van der Waals surface area contributed by atoms with Crippen molar-refractivity contribution in [3.8, 4) is 0 Å². The van der Waals surface area contributed by atoms with E-state index in [0.717, 1.165) is 6.42 Å². The molecule has 0 radical (unpaired) electrons. The van der Waals surface area contributed by atoms with Crippen LogP contribution in [0.5, 0.6) is 0 Å². The molecule has 98 valence electrons. The third kappa shape index (κ3) is 2.34. The van der Waals surface area contributed by atoms with Crippen molar-refractivity contribution >= 4 is 29.1 Å². The van der Waals surface area contributed by atoms with Crippen molar-refractivity contribution in [1.82, 2.24) is 4.90 Å². The Morgan fingerprint density at radius 3 is 2.89 bits per heavy atom. The number of nitrogens with zero attached hydrogens (tertiary/aromatic N) is 1. The van der Waals surface area contributed by atoms with Crippen molar-refractivity contribution in [2.24, 2.45) is 5.92 Å². The molecule has 5 heteroatoms. The minimum absolute atomic E-state index is 0.0464. The average Bonchev–Trinajstić information content (AvgIpc) is 2.69. The van der Waals surface area contributed by atoms with Gasteiger partial charge in [-0.1, -0.05) is 24.6 Å². The van der Waals surface area contributed by atoms with Crippen LogP contribution in [0, 0.1) is 11.7 Å². The second kappa shape index (κ2) is 5.45. The molecule has 0 spiro atoms. The zero-order chi connectivity index (χ0) is 13.3. The van der Waals surface area contributed by atoms with Gasteiger partial charge in [0.15, 0.2) is 0 Å². The van der Waals surface area contributed by atoms with E-state index in [4.69, 9.17) is 23.2 Å². The van der Waals surface area contributed by atoms with E-state index >= 15 is 0 Å². The summed E-state index contributed by atoms with van der Waals surface area (Å²) in [6.07, 6.45) is 0.884. The molecule has 1 aromatic carbocycles. The van der Waals surface area contributed by atoms with Gasteiger partial charge in [0.1, 0.15) is 5.82 Å². The molecule has 1 aromatic rings. The van der Waals surface area contributed by atoms with Gasteiger partial charge in [0.25, 0.3) is 5.91 Å². The molecule has 18 heavy (non-hydrogen) atoms.